The number of thiophene rings is 1. The average Bonchev–Trinajstić information content (AvgIpc) is 3.68. The number of hydrogen-bond donors (Lipinski definition) is 3. The summed E-state index contributed by atoms with van der Waals surface area (Å²) < 4.78 is 18.2. The van der Waals surface area contributed by atoms with Crippen molar-refractivity contribution in [3.63, 3.8) is 0 Å². The van der Waals surface area contributed by atoms with Crippen LogP contribution in [0.5, 0.6) is 11.5 Å². The van der Waals surface area contributed by atoms with Gasteiger partial charge in [0.2, 0.25) is 0 Å². The maximum Gasteiger partial charge on any atom is 0.305 e. The zero-order valence-corrected chi connectivity index (χ0v) is 27.3. The van der Waals surface area contributed by atoms with E-state index in [0.717, 1.165) is 65.6 Å². The number of amides is 1. The lowest BCUT2D eigenvalue weighted by molar-refractivity contribution is -0.133. The molecule has 2 aromatic carbocycles. The molecule has 0 saturated carbocycles. The van der Waals surface area contributed by atoms with Gasteiger partial charge in [0, 0.05) is 55.1 Å². The number of nitrogens with one attached hydrogen (secondary N) is 2. The molecule has 2 saturated heterocycles. The standard InChI is InChI=1S/C33H38N4O7S2/c1-22-16-24(19-45-22)31(40)37-13-15-44-33(20-37)8-10-36(11-9-33)12-14-42-25-4-2-23(3-5-25)17-34-18-28(43-21-38)26-6-7-27(39)29-30(26)46-32(41)35-29/h2-7,16,19,21,28,34,39H,8-15,17-18,20H2,1H3,(H,35,41)/t28-/m0/s1. The molecule has 1 amide bonds. The molecule has 2 aromatic heterocycles. The Morgan fingerprint density at radius 1 is 1.20 bits per heavy atom. The van der Waals surface area contributed by atoms with Crippen LogP contribution < -0.4 is 14.9 Å². The van der Waals surface area contributed by atoms with Gasteiger partial charge < -0.3 is 34.5 Å². The van der Waals surface area contributed by atoms with E-state index in [2.05, 4.69) is 15.2 Å². The lowest BCUT2D eigenvalue weighted by Gasteiger charge is -2.47. The van der Waals surface area contributed by atoms with Gasteiger partial charge in [-0.3, -0.25) is 19.3 Å². The second kappa shape index (κ2) is 14.3. The molecule has 2 fully saturated rings. The van der Waals surface area contributed by atoms with E-state index < -0.39 is 6.10 Å². The number of benzene rings is 2. The van der Waals surface area contributed by atoms with Gasteiger partial charge in [0.05, 0.1) is 29.0 Å². The Morgan fingerprint density at radius 3 is 2.74 bits per heavy atom. The quantitative estimate of drug-likeness (QED) is 0.192. The number of aromatic amines is 1. The first-order chi connectivity index (χ1) is 22.3. The van der Waals surface area contributed by atoms with Gasteiger partial charge in [-0.05, 0) is 49.6 Å². The summed E-state index contributed by atoms with van der Waals surface area (Å²) in [6.07, 6.45) is 1.16. The number of H-pyrrole nitrogens is 1. The number of carbonyl (C=O) groups excluding carboxylic acids is 2. The molecule has 13 heteroatoms. The fraction of sp³-hybridized carbons (Fsp3) is 0.424. The van der Waals surface area contributed by atoms with Crippen LogP contribution in [-0.2, 0) is 20.8 Å². The van der Waals surface area contributed by atoms with Crippen LogP contribution in [0.25, 0.3) is 10.2 Å². The van der Waals surface area contributed by atoms with Gasteiger partial charge in [-0.25, -0.2) is 0 Å². The Kier molecular flexibility index (Phi) is 10.0. The maximum atomic E-state index is 13.0. The van der Waals surface area contributed by atoms with E-state index in [1.165, 1.54) is 6.07 Å². The SMILES string of the molecule is Cc1cc(C(=O)N2CCOC3(CCN(CCOc4ccc(CNC[C@H](OC=O)c5ccc(O)c6[nH]c(=O)sc56)cc4)CC3)C2)cs1. The maximum absolute atomic E-state index is 13.0. The number of rotatable bonds is 12. The summed E-state index contributed by atoms with van der Waals surface area (Å²) in [7, 11) is 0. The summed E-state index contributed by atoms with van der Waals surface area (Å²) in [6.45, 7) is 8.34. The molecular formula is C33H38N4O7S2. The summed E-state index contributed by atoms with van der Waals surface area (Å²) in [6, 6.07) is 13.0. The minimum absolute atomic E-state index is 0.0265. The molecule has 11 nitrogen and oxygen atoms in total. The van der Waals surface area contributed by atoms with Crippen molar-refractivity contribution in [2.24, 2.45) is 0 Å². The number of thiazole rings is 1. The van der Waals surface area contributed by atoms with Crippen LogP contribution in [0, 0.1) is 6.92 Å². The number of likely N-dealkylation sites (tertiary alicyclic amines) is 1. The van der Waals surface area contributed by atoms with Crippen molar-refractivity contribution in [3.05, 3.63) is 79.1 Å². The number of aromatic nitrogens is 1. The van der Waals surface area contributed by atoms with Crippen molar-refractivity contribution >= 4 is 45.3 Å². The molecule has 244 valence electrons. The second-order valence-electron chi connectivity index (χ2n) is 11.8. The lowest BCUT2D eigenvalue weighted by Crippen LogP contribution is -2.58. The van der Waals surface area contributed by atoms with E-state index in [1.807, 2.05) is 47.5 Å². The van der Waals surface area contributed by atoms with Gasteiger partial charge >= 0.3 is 4.87 Å². The molecule has 2 aliphatic heterocycles. The monoisotopic (exact) mass is 666 g/mol. The predicted molar refractivity (Wildman–Crippen MR) is 177 cm³/mol. The molecule has 1 atom stereocenters. The Balaban J connectivity index is 0.930. The van der Waals surface area contributed by atoms with E-state index in [9.17, 15) is 19.5 Å². The molecule has 0 aliphatic carbocycles. The summed E-state index contributed by atoms with van der Waals surface area (Å²) in [5.41, 5.74) is 2.54. The first kappa shape index (κ1) is 32.2. The number of phenols is 1. The molecule has 0 radical (unpaired) electrons. The number of nitrogens with zero attached hydrogens (tertiary/aromatic N) is 2. The smallest absolute Gasteiger partial charge is 0.305 e. The molecule has 2 aliphatic rings. The average molecular weight is 667 g/mol. The number of piperidine rings is 1. The number of ether oxygens (including phenoxy) is 3. The van der Waals surface area contributed by atoms with Crippen molar-refractivity contribution in [3.8, 4) is 11.5 Å². The highest BCUT2D eigenvalue weighted by molar-refractivity contribution is 7.16. The third-order valence-corrected chi connectivity index (χ3v) is 10.5. The molecule has 4 heterocycles. The highest BCUT2D eigenvalue weighted by Gasteiger charge is 2.41. The minimum Gasteiger partial charge on any atom is -0.506 e. The lowest BCUT2D eigenvalue weighted by atomic mass is 9.89. The normalized spacial score (nSPS) is 17.3. The molecule has 6 rings (SSSR count). The predicted octanol–water partition coefficient (Wildman–Crippen LogP) is 4.06. The highest BCUT2D eigenvalue weighted by atomic mass is 32.1. The van der Waals surface area contributed by atoms with Crippen LogP contribution in [-0.4, -0.2) is 90.4 Å². The van der Waals surface area contributed by atoms with Crippen LogP contribution in [0.1, 0.15) is 45.3 Å². The number of aromatic hydroxyl groups is 1. The van der Waals surface area contributed by atoms with Crippen molar-refractivity contribution in [1.82, 2.24) is 20.1 Å². The number of fused-ring (bicyclic) bond motifs is 1. The highest BCUT2D eigenvalue weighted by Crippen LogP contribution is 2.33. The molecule has 1 spiro atoms. The van der Waals surface area contributed by atoms with Gasteiger partial charge in [-0.2, -0.15) is 0 Å². The number of aryl methyl sites for hydroxylation is 1. The Morgan fingerprint density at radius 2 is 2.00 bits per heavy atom. The van der Waals surface area contributed by atoms with Gasteiger partial charge in [-0.1, -0.05) is 29.5 Å². The molecule has 3 N–H and O–H groups in total. The fourth-order valence-electron chi connectivity index (χ4n) is 6.18. The van der Waals surface area contributed by atoms with Crippen LogP contribution in [0.4, 0.5) is 0 Å². The van der Waals surface area contributed by atoms with E-state index >= 15 is 0 Å². The first-order valence-electron chi connectivity index (χ1n) is 15.4. The Labute approximate surface area is 274 Å². The fourth-order valence-corrected chi connectivity index (χ4v) is 7.77. The molecule has 0 unspecified atom stereocenters. The third kappa shape index (κ3) is 7.45. The van der Waals surface area contributed by atoms with Crippen LogP contribution in [0.3, 0.4) is 0 Å². The second-order valence-corrected chi connectivity index (χ2v) is 13.9. The van der Waals surface area contributed by atoms with Crippen LogP contribution in [0.15, 0.2) is 52.6 Å². The van der Waals surface area contributed by atoms with E-state index in [-0.39, 0.29) is 22.1 Å². The zero-order chi connectivity index (χ0) is 32.1. The zero-order valence-electron chi connectivity index (χ0n) is 25.7. The number of carbonyl (C=O) groups is 2. The topological polar surface area (TPSA) is 133 Å². The van der Waals surface area contributed by atoms with Crippen molar-refractivity contribution in [2.75, 3.05) is 52.5 Å². The summed E-state index contributed by atoms with van der Waals surface area (Å²) in [5, 5.41) is 15.3. The van der Waals surface area contributed by atoms with Crippen LogP contribution in [0.2, 0.25) is 0 Å². The van der Waals surface area contributed by atoms with Gasteiger partial charge in [-0.15, -0.1) is 11.3 Å². The Bertz CT molecular complexity index is 1710. The molecule has 4 aromatic rings. The summed E-state index contributed by atoms with van der Waals surface area (Å²) in [5.74, 6) is 0.872. The number of hydrogen-bond acceptors (Lipinski definition) is 11. The third-order valence-electron chi connectivity index (χ3n) is 8.69. The number of phenolic OH excluding ortho intramolecular Hbond substituents is 1. The van der Waals surface area contributed by atoms with Crippen LogP contribution >= 0.6 is 22.7 Å². The van der Waals surface area contributed by atoms with E-state index in [1.54, 1.807) is 17.4 Å². The molecule has 46 heavy (non-hydrogen) atoms. The molecule has 0 bridgehead atoms. The minimum atomic E-state index is -0.624. The molecular weight excluding hydrogens is 629 g/mol. The van der Waals surface area contributed by atoms with Crippen molar-refractivity contribution in [2.45, 2.75) is 38.0 Å². The van der Waals surface area contributed by atoms with Crippen molar-refractivity contribution < 1.29 is 28.9 Å². The van der Waals surface area contributed by atoms with Gasteiger partial charge in [0.1, 0.15) is 29.7 Å². The van der Waals surface area contributed by atoms with Crippen molar-refractivity contribution in [1.29, 1.82) is 0 Å². The van der Waals surface area contributed by atoms with E-state index in [4.69, 9.17) is 14.2 Å². The number of morpholine rings is 1. The summed E-state index contributed by atoms with van der Waals surface area (Å²) >= 11 is 2.58. The first-order valence-corrected chi connectivity index (χ1v) is 17.1. The van der Waals surface area contributed by atoms with E-state index in [0.29, 0.717) is 61.6 Å². The largest absolute Gasteiger partial charge is 0.506 e. The summed E-state index contributed by atoms with van der Waals surface area (Å²) in [4.78, 5) is 43.9. The van der Waals surface area contributed by atoms with Gasteiger partial charge in [0.25, 0.3) is 12.4 Å². The van der Waals surface area contributed by atoms with Gasteiger partial charge in [0.15, 0.2) is 0 Å². The Hall–Kier alpha value is -3.75.